The summed E-state index contributed by atoms with van der Waals surface area (Å²) in [6.45, 7) is 1.37. The number of aromatic nitrogens is 4. The van der Waals surface area contributed by atoms with Gasteiger partial charge in [0.2, 0.25) is 0 Å². The van der Waals surface area contributed by atoms with Crippen LogP contribution in [0.3, 0.4) is 0 Å². The molecule has 122 valence electrons. The van der Waals surface area contributed by atoms with Gasteiger partial charge in [-0.2, -0.15) is 4.98 Å². The number of amides is 1. The van der Waals surface area contributed by atoms with E-state index in [0.717, 1.165) is 10.2 Å². The number of nitrogens with one attached hydrogen (secondary N) is 1. The van der Waals surface area contributed by atoms with Gasteiger partial charge >= 0.3 is 5.97 Å². The topological polar surface area (TPSA) is 98.5 Å². The van der Waals surface area contributed by atoms with Crippen LogP contribution in [-0.2, 0) is 9.53 Å². The predicted molar refractivity (Wildman–Crippen MR) is 88.6 cm³/mol. The Morgan fingerprint density at radius 3 is 2.92 bits per heavy atom. The summed E-state index contributed by atoms with van der Waals surface area (Å²) in [7, 11) is 0. The van der Waals surface area contributed by atoms with Crippen LogP contribution in [0.4, 0.5) is 5.69 Å². The Kier molecular flexibility index (Phi) is 4.52. The Morgan fingerprint density at radius 2 is 2.17 bits per heavy atom. The molecular weight excluding hydrogens is 378 g/mol. The van der Waals surface area contributed by atoms with Gasteiger partial charge in [0.15, 0.2) is 6.61 Å². The van der Waals surface area contributed by atoms with Crippen LogP contribution in [0.5, 0.6) is 0 Å². The molecular formula is C15H12BrN5O3. The highest BCUT2D eigenvalue weighted by molar-refractivity contribution is 9.10. The molecule has 1 N–H and O–H groups in total. The van der Waals surface area contributed by atoms with E-state index in [-0.39, 0.29) is 5.82 Å². The Balaban J connectivity index is 1.62. The summed E-state index contributed by atoms with van der Waals surface area (Å²) in [4.78, 5) is 31.8. The number of rotatable bonds is 4. The third-order valence-electron chi connectivity index (χ3n) is 3.06. The molecule has 0 aliphatic heterocycles. The predicted octanol–water partition coefficient (Wildman–Crippen LogP) is 1.99. The molecule has 8 nitrogen and oxygen atoms in total. The second-order valence-electron chi connectivity index (χ2n) is 4.87. The molecule has 2 heterocycles. The van der Waals surface area contributed by atoms with Crippen molar-refractivity contribution in [3.8, 4) is 0 Å². The maximum Gasteiger partial charge on any atom is 0.378 e. The molecule has 1 aromatic carbocycles. The van der Waals surface area contributed by atoms with Gasteiger partial charge in [0, 0.05) is 22.1 Å². The second-order valence-corrected chi connectivity index (χ2v) is 5.78. The van der Waals surface area contributed by atoms with Gasteiger partial charge in [-0.25, -0.2) is 14.3 Å². The van der Waals surface area contributed by atoms with E-state index in [1.165, 1.54) is 4.52 Å². The minimum Gasteiger partial charge on any atom is -0.450 e. The van der Waals surface area contributed by atoms with Crippen molar-refractivity contribution in [1.29, 1.82) is 0 Å². The number of benzene rings is 1. The number of ether oxygens (including phenoxy) is 1. The average molecular weight is 390 g/mol. The van der Waals surface area contributed by atoms with Crippen LogP contribution in [0, 0.1) is 6.92 Å². The lowest BCUT2D eigenvalue weighted by Crippen LogP contribution is -2.21. The first kappa shape index (κ1) is 16.1. The summed E-state index contributed by atoms with van der Waals surface area (Å²) < 4.78 is 7.19. The molecule has 0 aliphatic rings. The normalized spacial score (nSPS) is 10.6. The zero-order chi connectivity index (χ0) is 17.1. The molecule has 0 fully saturated rings. The SMILES string of the molecule is Cc1ccnc2nc(C(=O)OCC(=O)Nc3cccc(Br)c3)nn12. The van der Waals surface area contributed by atoms with Gasteiger partial charge in [0.05, 0.1) is 0 Å². The van der Waals surface area contributed by atoms with Crippen LogP contribution in [0.2, 0.25) is 0 Å². The first-order valence-corrected chi connectivity index (χ1v) is 7.73. The third-order valence-corrected chi connectivity index (χ3v) is 3.55. The number of halogens is 1. The van der Waals surface area contributed by atoms with Crippen molar-refractivity contribution in [2.24, 2.45) is 0 Å². The third kappa shape index (κ3) is 3.57. The number of fused-ring (bicyclic) bond motifs is 1. The van der Waals surface area contributed by atoms with Crippen molar-refractivity contribution in [1.82, 2.24) is 19.6 Å². The number of hydrogen-bond acceptors (Lipinski definition) is 6. The monoisotopic (exact) mass is 389 g/mol. The van der Waals surface area contributed by atoms with Crippen LogP contribution >= 0.6 is 15.9 Å². The maximum atomic E-state index is 12.0. The molecule has 3 rings (SSSR count). The standard InChI is InChI=1S/C15H12BrN5O3/c1-9-5-6-17-15-19-13(20-21(9)15)14(23)24-8-12(22)18-11-4-2-3-10(16)7-11/h2-7H,8H2,1H3,(H,18,22). The smallest absolute Gasteiger partial charge is 0.378 e. The summed E-state index contributed by atoms with van der Waals surface area (Å²) in [5.74, 6) is -1.10. The molecule has 9 heteroatoms. The molecule has 0 atom stereocenters. The Morgan fingerprint density at radius 1 is 1.33 bits per heavy atom. The number of esters is 1. The molecule has 0 unspecified atom stereocenters. The summed E-state index contributed by atoms with van der Waals surface area (Å²) >= 11 is 3.31. The van der Waals surface area contributed by atoms with E-state index >= 15 is 0 Å². The molecule has 0 saturated heterocycles. The van der Waals surface area contributed by atoms with Gasteiger partial charge in [-0.3, -0.25) is 4.79 Å². The van der Waals surface area contributed by atoms with Crippen LogP contribution in [0.15, 0.2) is 41.0 Å². The van der Waals surface area contributed by atoms with E-state index in [1.54, 1.807) is 30.5 Å². The van der Waals surface area contributed by atoms with Crippen LogP contribution < -0.4 is 5.32 Å². The number of carbonyl (C=O) groups is 2. The highest BCUT2D eigenvalue weighted by atomic mass is 79.9. The van der Waals surface area contributed by atoms with Crippen molar-refractivity contribution in [2.45, 2.75) is 6.92 Å². The average Bonchev–Trinajstić information content (AvgIpc) is 2.98. The van der Waals surface area contributed by atoms with E-state index < -0.39 is 18.5 Å². The Bertz CT molecular complexity index is 924. The number of anilines is 1. The first-order chi connectivity index (χ1) is 11.5. The Labute approximate surface area is 145 Å². The van der Waals surface area contributed by atoms with Gasteiger partial charge in [0.25, 0.3) is 17.5 Å². The number of carbonyl (C=O) groups excluding carboxylic acids is 2. The van der Waals surface area contributed by atoms with Gasteiger partial charge in [-0.15, -0.1) is 5.10 Å². The Hall–Kier alpha value is -2.81. The molecule has 0 bridgehead atoms. The fourth-order valence-corrected chi connectivity index (χ4v) is 2.35. The summed E-state index contributed by atoms with van der Waals surface area (Å²) in [5.41, 5.74) is 1.37. The molecule has 0 radical (unpaired) electrons. The molecule has 0 spiro atoms. The zero-order valence-corrected chi connectivity index (χ0v) is 14.1. The minimum atomic E-state index is -0.788. The van der Waals surface area contributed by atoms with Gasteiger partial charge in [-0.1, -0.05) is 22.0 Å². The lowest BCUT2D eigenvalue weighted by Gasteiger charge is -2.05. The first-order valence-electron chi connectivity index (χ1n) is 6.94. The molecule has 3 aromatic rings. The molecule has 1 amide bonds. The van der Waals surface area contributed by atoms with E-state index in [2.05, 4.69) is 36.3 Å². The van der Waals surface area contributed by atoms with Crippen LogP contribution in [-0.4, -0.2) is 38.1 Å². The zero-order valence-electron chi connectivity index (χ0n) is 12.6. The number of aryl methyl sites for hydroxylation is 1. The minimum absolute atomic E-state index is 0.146. The van der Waals surface area contributed by atoms with E-state index in [9.17, 15) is 9.59 Å². The van der Waals surface area contributed by atoms with E-state index in [4.69, 9.17) is 4.74 Å². The molecule has 2 aromatic heterocycles. The summed E-state index contributed by atoms with van der Waals surface area (Å²) in [6.07, 6.45) is 1.57. The maximum absolute atomic E-state index is 12.0. The van der Waals surface area contributed by atoms with Crippen molar-refractivity contribution < 1.29 is 14.3 Å². The largest absolute Gasteiger partial charge is 0.450 e. The fourth-order valence-electron chi connectivity index (χ4n) is 1.95. The second kappa shape index (κ2) is 6.75. The van der Waals surface area contributed by atoms with Gasteiger partial charge in [-0.05, 0) is 31.2 Å². The van der Waals surface area contributed by atoms with Crippen molar-refractivity contribution in [2.75, 3.05) is 11.9 Å². The van der Waals surface area contributed by atoms with E-state index in [1.807, 2.05) is 13.0 Å². The van der Waals surface area contributed by atoms with Crippen LogP contribution in [0.25, 0.3) is 5.78 Å². The fraction of sp³-hybridized carbons (Fsp3) is 0.133. The summed E-state index contributed by atoms with van der Waals surface area (Å²) in [6, 6.07) is 8.81. The van der Waals surface area contributed by atoms with Gasteiger partial charge < -0.3 is 10.1 Å². The van der Waals surface area contributed by atoms with Crippen molar-refractivity contribution >= 4 is 39.3 Å². The molecule has 0 aliphatic carbocycles. The van der Waals surface area contributed by atoms with E-state index in [0.29, 0.717) is 11.5 Å². The summed E-state index contributed by atoms with van der Waals surface area (Å²) in [5, 5.41) is 6.64. The molecule has 0 saturated carbocycles. The van der Waals surface area contributed by atoms with Gasteiger partial charge in [0.1, 0.15) is 0 Å². The number of nitrogens with zero attached hydrogens (tertiary/aromatic N) is 4. The highest BCUT2D eigenvalue weighted by Crippen LogP contribution is 2.15. The van der Waals surface area contributed by atoms with Crippen LogP contribution in [0.1, 0.15) is 16.3 Å². The highest BCUT2D eigenvalue weighted by Gasteiger charge is 2.17. The van der Waals surface area contributed by atoms with Crippen molar-refractivity contribution in [3.63, 3.8) is 0 Å². The quantitative estimate of drug-likeness (QED) is 0.685. The number of hydrogen-bond donors (Lipinski definition) is 1. The molecule has 24 heavy (non-hydrogen) atoms. The lowest BCUT2D eigenvalue weighted by atomic mass is 10.3. The van der Waals surface area contributed by atoms with Crippen molar-refractivity contribution in [3.05, 3.63) is 52.5 Å². The lowest BCUT2D eigenvalue weighted by molar-refractivity contribution is -0.119.